The number of hydrogen-bond donors (Lipinski definition) is 2. The van der Waals surface area contributed by atoms with Gasteiger partial charge in [-0.3, -0.25) is 0 Å². The fourth-order valence-electron chi connectivity index (χ4n) is 1.99. The quantitative estimate of drug-likeness (QED) is 0.879. The highest BCUT2D eigenvalue weighted by molar-refractivity contribution is 5.85. The number of ether oxygens (including phenoxy) is 1. The van der Waals surface area contributed by atoms with Gasteiger partial charge in [-0.25, -0.2) is 0 Å². The lowest BCUT2D eigenvalue weighted by molar-refractivity contribution is -0.137. The van der Waals surface area contributed by atoms with Gasteiger partial charge in [-0.2, -0.15) is 13.2 Å². The molecule has 1 saturated heterocycles. The summed E-state index contributed by atoms with van der Waals surface area (Å²) < 4.78 is 43.2. The SMILES string of the molecule is COc1cc([C@H]2CNCCN2)cc(C(F)(F)F)c1.Cl. The van der Waals surface area contributed by atoms with Gasteiger partial charge in [0.1, 0.15) is 5.75 Å². The molecule has 2 N–H and O–H groups in total. The molecule has 0 aromatic heterocycles. The Morgan fingerprint density at radius 3 is 2.47 bits per heavy atom. The van der Waals surface area contributed by atoms with E-state index < -0.39 is 11.7 Å². The molecule has 0 unspecified atom stereocenters. The maximum atomic E-state index is 12.8. The van der Waals surface area contributed by atoms with Crippen LogP contribution >= 0.6 is 12.4 Å². The summed E-state index contributed by atoms with van der Waals surface area (Å²) in [6.07, 6.45) is -4.36. The van der Waals surface area contributed by atoms with Gasteiger partial charge < -0.3 is 15.4 Å². The number of rotatable bonds is 2. The molecule has 0 bridgehead atoms. The Bertz CT molecular complexity index is 420. The maximum absolute atomic E-state index is 12.8. The van der Waals surface area contributed by atoms with Crippen molar-refractivity contribution >= 4 is 12.4 Å². The highest BCUT2D eigenvalue weighted by Crippen LogP contribution is 2.34. The molecule has 1 fully saturated rings. The van der Waals surface area contributed by atoms with Crippen LogP contribution in [-0.2, 0) is 6.18 Å². The average Bonchev–Trinajstić information content (AvgIpc) is 2.38. The Kier molecular flexibility index (Phi) is 5.46. The van der Waals surface area contributed by atoms with E-state index in [1.54, 1.807) is 6.07 Å². The summed E-state index contributed by atoms with van der Waals surface area (Å²) in [6, 6.07) is 3.71. The lowest BCUT2D eigenvalue weighted by Gasteiger charge is -2.25. The van der Waals surface area contributed by atoms with E-state index in [0.717, 1.165) is 19.2 Å². The second kappa shape index (κ2) is 6.45. The summed E-state index contributed by atoms with van der Waals surface area (Å²) in [5.41, 5.74) is -0.0851. The molecule has 3 nitrogen and oxygen atoms in total. The van der Waals surface area contributed by atoms with Gasteiger partial charge in [-0.05, 0) is 23.8 Å². The van der Waals surface area contributed by atoms with Gasteiger partial charge in [0, 0.05) is 25.7 Å². The van der Waals surface area contributed by atoms with Crippen molar-refractivity contribution < 1.29 is 17.9 Å². The van der Waals surface area contributed by atoms with E-state index in [-0.39, 0.29) is 24.2 Å². The molecule has 0 spiro atoms. The highest BCUT2D eigenvalue weighted by atomic mass is 35.5. The number of hydrogen-bond acceptors (Lipinski definition) is 3. The second-order valence-corrected chi connectivity index (χ2v) is 4.20. The van der Waals surface area contributed by atoms with E-state index in [0.29, 0.717) is 12.1 Å². The van der Waals surface area contributed by atoms with Crippen molar-refractivity contribution in [3.8, 4) is 5.75 Å². The maximum Gasteiger partial charge on any atom is 0.416 e. The molecular weight excluding hydrogens is 281 g/mol. The number of halogens is 4. The van der Waals surface area contributed by atoms with Crippen molar-refractivity contribution in [2.75, 3.05) is 26.7 Å². The minimum absolute atomic E-state index is 0. The van der Waals surface area contributed by atoms with Crippen LogP contribution in [0.1, 0.15) is 17.2 Å². The number of piperazine rings is 1. The first-order valence-corrected chi connectivity index (χ1v) is 5.71. The van der Waals surface area contributed by atoms with Crippen molar-refractivity contribution in [2.24, 2.45) is 0 Å². The minimum Gasteiger partial charge on any atom is -0.497 e. The first-order valence-electron chi connectivity index (χ1n) is 5.71. The van der Waals surface area contributed by atoms with E-state index in [1.165, 1.54) is 13.2 Å². The van der Waals surface area contributed by atoms with Crippen LogP contribution < -0.4 is 15.4 Å². The topological polar surface area (TPSA) is 33.3 Å². The molecule has 19 heavy (non-hydrogen) atoms. The Balaban J connectivity index is 0.00000180. The van der Waals surface area contributed by atoms with Crippen LogP contribution in [0.25, 0.3) is 0 Å². The van der Waals surface area contributed by atoms with Gasteiger partial charge in [0.15, 0.2) is 0 Å². The van der Waals surface area contributed by atoms with Gasteiger partial charge in [0.05, 0.1) is 12.7 Å². The molecular formula is C12H16ClF3N2O. The van der Waals surface area contributed by atoms with Crippen molar-refractivity contribution in [2.45, 2.75) is 12.2 Å². The zero-order chi connectivity index (χ0) is 13.2. The third-order valence-corrected chi connectivity index (χ3v) is 2.94. The average molecular weight is 297 g/mol. The fourth-order valence-corrected chi connectivity index (χ4v) is 1.99. The van der Waals surface area contributed by atoms with Crippen LogP contribution in [0.2, 0.25) is 0 Å². The standard InChI is InChI=1S/C12H15F3N2O.ClH/c1-18-10-5-8(11-7-16-2-3-17-11)4-9(6-10)12(13,14)15;/h4-6,11,16-17H,2-3,7H2,1H3;1H/t11-;/m1./s1. The first kappa shape index (κ1) is 16.1. The summed E-state index contributed by atoms with van der Waals surface area (Å²) in [7, 11) is 1.37. The van der Waals surface area contributed by atoms with E-state index >= 15 is 0 Å². The molecule has 0 aliphatic carbocycles. The van der Waals surface area contributed by atoms with Gasteiger partial charge in [0.2, 0.25) is 0 Å². The van der Waals surface area contributed by atoms with Gasteiger partial charge >= 0.3 is 6.18 Å². The lowest BCUT2D eigenvalue weighted by Crippen LogP contribution is -2.42. The molecule has 1 heterocycles. The van der Waals surface area contributed by atoms with Crippen LogP contribution in [0.3, 0.4) is 0 Å². The van der Waals surface area contributed by atoms with Gasteiger partial charge in [0.25, 0.3) is 0 Å². The second-order valence-electron chi connectivity index (χ2n) is 4.20. The number of methoxy groups -OCH3 is 1. The number of nitrogens with one attached hydrogen (secondary N) is 2. The molecule has 1 aromatic carbocycles. The predicted octanol–water partition coefficient (Wildman–Crippen LogP) is 2.37. The third-order valence-electron chi connectivity index (χ3n) is 2.94. The summed E-state index contributed by atoms with van der Waals surface area (Å²) in [5.74, 6) is 0.229. The number of benzene rings is 1. The molecule has 1 aromatic rings. The Labute approximate surface area is 115 Å². The Morgan fingerprint density at radius 1 is 1.21 bits per heavy atom. The van der Waals surface area contributed by atoms with E-state index in [2.05, 4.69) is 10.6 Å². The normalized spacial score (nSPS) is 19.7. The molecule has 0 amide bonds. The fraction of sp³-hybridized carbons (Fsp3) is 0.500. The molecule has 1 aliphatic rings. The number of alkyl halides is 3. The van der Waals surface area contributed by atoms with Crippen LogP contribution in [-0.4, -0.2) is 26.7 Å². The lowest BCUT2D eigenvalue weighted by atomic mass is 10.0. The minimum atomic E-state index is -4.36. The van der Waals surface area contributed by atoms with Crippen molar-refractivity contribution in [1.82, 2.24) is 10.6 Å². The summed E-state index contributed by atoms with van der Waals surface area (Å²) in [4.78, 5) is 0. The van der Waals surface area contributed by atoms with E-state index in [9.17, 15) is 13.2 Å². The van der Waals surface area contributed by atoms with Crippen molar-refractivity contribution in [3.63, 3.8) is 0 Å². The monoisotopic (exact) mass is 296 g/mol. The summed E-state index contributed by atoms with van der Waals surface area (Å²) in [6.45, 7) is 2.18. The molecule has 108 valence electrons. The Hall–Kier alpha value is -0.980. The molecule has 7 heteroatoms. The predicted molar refractivity (Wildman–Crippen MR) is 68.9 cm³/mol. The zero-order valence-electron chi connectivity index (χ0n) is 10.4. The highest BCUT2D eigenvalue weighted by Gasteiger charge is 2.32. The summed E-state index contributed by atoms with van der Waals surface area (Å²) >= 11 is 0. The molecule has 1 aliphatic heterocycles. The van der Waals surface area contributed by atoms with Gasteiger partial charge in [-0.1, -0.05) is 0 Å². The van der Waals surface area contributed by atoms with E-state index in [1.807, 2.05) is 0 Å². The van der Waals surface area contributed by atoms with Crippen LogP contribution in [0.15, 0.2) is 18.2 Å². The Morgan fingerprint density at radius 2 is 1.95 bits per heavy atom. The van der Waals surface area contributed by atoms with Crippen LogP contribution in [0.5, 0.6) is 5.75 Å². The van der Waals surface area contributed by atoms with Crippen LogP contribution in [0, 0.1) is 0 Å². The smallest absolute Gasteiger partial charge is 0.416 e. The molecule has 2 rings (SSSR count). The van der Waals surface area contributed by atoms with Crippen LogP contribution in [0.4, 0.5) is 13.2 Å². The largest absolute Gasteiger partial charge is 0.497 e. The summed E-state index contributed by atoms with van der Waals surface area (Å²) in [5, 5.41) is 6.32. The molecule has 1 atom stereocenters. The first-order chi connectivity index (χ1) is 8.50. The van der Waals surface area contributed by atoms with E-state index in [4.69, 9.17) is 4.74 Å². The van der Waals surface area contributed by atoms with Gasteiger partial charge in [-0.15, -0.1) is 12.4 Å². The molecule has 0 saturated carbocycles. The third kappa shape index (κ3) is 3.99. The van der Waals surface area contributed by atoms with Crippen molar-refractivity contribution in [1.29, 1.82) is 0 Å². The molecule has 0 radical (unpaired) electrons. The zero-order valence-corrected chi connectivity index (χ0v) is 11.2. The van der Waals surface area contributed by atoms with Crippen molar-refractivity contribution in [3.05, 3.63) is 29.3 Å².